The lowest BCUT2D eigenvalue weighted by molar-refractivity contribution is 0.0944. The van der Waals surface area contributed by atoms with Crippen LogP contribution in [0.5, 0.6) is 0 Å². The summed E-state index contributed by atoms with van der Waals surface area (Å²) in [5.41, 5.74) is 0.715. The third-order valence-electron chi connectivity index (χ3n) is 3.51. The van der Waals surface area contributed by atoms with Crippen molar-refractivity contribution in [2.75, 3.05) is 31.2 Å². The molecule has 2 aromatic heterocycles. The van der Waals surface area contributed by atoms with Gasteiger partial charge in [-0.2, -0.15) is 5.10 Å². The molecule has 1 aliphatic rings. The Bertz CT molecular complexity index is 702. The van der Waals surface area contributed by atoms with Gasteiger partial charge in [0.15, 0.2) is 0 Å². The van der Waals surface area contributed by atoms with Crippen LogP contribution in [0.15, 0.2) is 35.3 Å². The first-order chi connectivity index (χ1) is 11.2. The molecule has 120 valence electrons. The quantitative estimate of drug-likeness (QED) is 0.819. The number of aromatic amines is 1. The van der Waals surface area contributed by atoms with Gasteiger partial charge in [-0.15, -0.1) is 0 Å². The van der Waals surface area contributed by atoms with Crippen molar-refractivity contribution in [3.63, 3.8) is 0 Å². The van der Waals surface area contributed by atoms with Gasteiger partial charge in [0.25, 0.3) is 11.5 Å². The summed E-state index contributed by atoms with van der Waals surface area (Å²) in [5, 5.41) is 8.65. The molecule has 1 fully saturated rings. The molecule has 0 unspecified atom stereocenters. The standard InChI is InChI=1S/C15H17N5O3/c21-14-4-2-12(18-19-14)15(22)17-10-11-1-3-13(16-9-11)20-5-7-23-8-6-20/h1-4,9H,5-8,10H2,(H,17,22)(H,19,21). The van der Waals surface area contributed by atoms with Crippen LogP contribution in [0, 0.1) is 0 Å². The molecular formula is C15H17N5O3. The minimum absolute atomic E-state index is 0.169. The highest BCUT2D eigenvalue weighted by Crippen LogP contribution is 2.12. The van der Waals surface area contributed by atoms with Gasteiger partial charge in [0, 0.05) is 31.9 Å². The number of rotatable bonds is 4. The fourth-order valence-corrected chi connectivity index (χ4v) is 2.24. The van der Waals surface area contributed by atoms with E-state index in [0.29, 0.717) is 19.8 Å². The molecule has 1 aliphatic heterocycles. The molecule has 0 radical (unpaired) electrons. The van der Waals surface area contributed by atoms with Gasteiger partial charge >= 0.3 is 0 Å². The van der Waals surface area contributed by atoms with E-state index in [2.05, 4.69) is 25.4 Å². The Kier molecular flexibility index (Phi) is 4.62. The highest BCUT2D eigenvalue weighted by molar-refractivity contribution is 5.91. The van der Waals surface area contributed by atoms with Gasteiger partial charge in [-0.1, -0.05) is 6.07 Å². The first-order valence-corrected chi connectivity index (χ1v) is 7.34. The number of H-pyrrole nitrogens is 1. The van der Waals surface area contributed by atoms with Crippen molar-refractivity contribution in [1.82, 2.24) is 20.5 Å². The molecule has 0 spiro atoms. The van der Waals surface area contributed by atoms with Gasteiger partial charge in [-0.05, 0) is 17.7 Å². The van der Waals surface area contributed by atoms with Crippen LogP contribution in [0.2, 0.25) is 0 Å². The largest absolute Gasteiger partial charge is 0.378 e. The van der Waals surface area contributed by atoms with Crippen LogP contribution in [-0.2, 0) is 11.3 Å². The minimum Gasteiger partial charge on any atom is -0.378 e. The molecular weight excluding hydrogens is 298 g/mol. The number of amides is 1. The maximum atomic E-state index is 11.9. The molecule has 0 bridgehead atoms. The van der Waals surface area contributed by atoms with Crippen LogP contribution < -0.4 is 15.8 Å². The third kappa shape index (κ3) is 3.92. The molecule has 8 heteroatoms. The van der Waals surface area contributed by atoms with Gasteiger partial charge < -0.3 is 15.0 Å². The summed E-state index contributed by atoms with van der Waals surface area (Å²) in [5.74, 6) is 0.559. The zero-order chi connectivity index (χ0) is 16.1. The second kappa shape index (κ2) is 7.01. The molecule has 0 saturated carbocycles. The highest BCUT2D eigenvalue weighted by atomic mass is 16.5. The van der Waals surface area contributed by atoms with E-state index in [1.165, 1.54) is 12.1 Å². The van der Waals surface area contributed by atoms with Crippen LogP contribution in [0.3, 0.4) is 0 Å². The number of carbonyl (C=O) groups excluding carboxylic acids is 1. The molecule has 8 nitrogen and oxygen atoms in total. The summed E-state index contributed by atoms with van der Waals surface area (Å²) >= 11 is 0. The SMILES string of the molecule is O=C(NCc1ccc(N2CCOCC2)nc1)c1ccc(=O)[nH]n1. The van der Waals surface area contributed by atoms with E-state index in [-0.39, 0.29) is 17.2 Å². The molecule has 3 rings (SSSR count). The van der Waals surface area contributed by atoms with E-state index < -0.39 is 0 Å². The second-order valence-electron chi connectivity index (χ2n) is 5.11. The average Bonchev–Trinajstić information content (AvgIpc) is 2.61. The average molecular weight is 315 g/mol. The maximum absolute atomic E-state index is 11.9. The summed E-state index contributed by atoms with van der Waals surface area (Å²) in [6.07, 6.45) is 1.74. The number of morpholine rings is 1. The lowest BCUT2D eigenvalue weighted by Gasteiger charge is -2.27. The number of pyridine rings is 1. The van der Waals surface area contributed by atoms with Gasteiger partial charge in [-0.25, -0.2) is 10.1 Å². The van der Waals surface area contributed by atoms with E-state index in [9.17, 15) is 9.59 Å². The van der Waals surface area contributed by atoms with Crippen LogP contribution in [-0.4, -0.2) is 47.4 Å². The van der Waals surface area contributed by atoms with Gasteiger partial charge in [-0.3, -0.25) is 9.59 Å². The Morgan fingerprint density at radius 2 is 2.09 bits per heavy atom. The summed E-state index contributed by atoms with van der Waals surface area (Å²) in [6.45, 7) is 3.44. The fourth-order valence-electron chi connectivity index (χ4n) is 2.24. The molecule has 0 aliphatic carbocycles. The monoisotopic (exact) mass is 315 g/mol. The maximum Gasteiger partial charge on any atom is 0.271 e. The van der Waals surface area contributed by atoms with Crippen LogP contribution in [0.4, 0.5) is 5.82 Å². The van der Waals surface area contributed by atoms with Crippen molar-refractivity contribution in [2.24, 2.45) is 0 Å². The van der Waals surface area contributed by atoms with E-state index >= 15 is 0 Å². The molecule has 1 amide bonds. The Labute approximate surface area is 132 Å². The number of nitrogens with one attached hydrogen (secondary N) is 2. The van der Waals surface area contributed by atoms with Gasteiger partial charge in [0.05, 0.1) is 13.2 Å². The number of hydrogen-bond acceptors (Lipinski definition) is 6. The van der Waals surface area contributed by atoms with E-state index in [1.807, 2.05) is 12.1 Å². The summed E-state index contributed by atoms with van der Waals surface area (Å²) < 4.78 is 5.31. The molecule has 3 heterocycles. The topological polar surface area (TPSA) is 100 Å². The number of ether oxygens (including phenoxy) is 1. The molecule has 1 saturated heterocycles. The molecule has 2 N–H and O–H groups in total. The zero-order valence-corrected chi connectivity index (χ0v) is 12.5. The van der Waals surface area contributed by atoms with Crippen molar-refractivity contribution in [3.8, 4) is 0 Å². The van der Waals surface area contributed by atoms with Crippen molar-refractivity contribution in [3.05, 3.63) is 52.1 Å². The smallest absolute Gasteiger partial charge is 0.271 e. The van der Waals surface area contributed by atoms with E-state index in [1.54, 1.807) is 6.20 Å². The molecule has 23 heavy (non-hydrogen) atoms. The first kappa shape index (κ1) is 15.2. The lowest BCUT2D eigenvalue weighted by Crippen LogP contribution is -2.36. The summed E-state index contributed by atoms with van der Waals surface area (Å²) in [4.78, 5) is 29.4. The Morgan fingerprint density at radius 1 is 1.26 bits per heavy atom. The molecule has 0 aromatic carbocycles. The lowest BCUT2D eigenvalue weighted by atomic mass is 10.2. The van der Waals surface area contributed by atoms with Gasteiger partial charge in [0.1, 0.15) is 11.5 Å². The molecule has 2 aromatic rings. The predicted octanol–water partition coefficient (Wildman–Crippen LogP) is -0.0685. The van der Waals surface area contributed by atoms with Crippen LogP contribution in [0.25, 0.3) is 0 Å². The summed E-state index contributed by atoms with van der Waals surface area (Å²) in [6, 6.07) is 6.51. The Balaban J connectivity index is 1.56. The van der Waals surface area contributed by atoms with E-state index in [0.717, 1.165) is 24.5 Å². The minimum atomic E-state index is -0.349. The molecule has 0 atom stereocenters. The fraction of sp³-hybridized carbons (Fsp3) is 0.333. The second-order valence-corrected chi connectivity index (χ2v) is 5.11. The number of nitrogens with zero attached hydrogens (tertiary/aromatic N) is 3. The van der Waals surface area contributed by atoms with Crippen molar-refractivity contribution >= 4 is 11.7 Å². The van der Waals surface area contributed by atoms with Crippen molar-refractivity contribution in [1.29, 1.82) is 0 Å². The Hall–Kier alpha value is -2.74. The van der Waals surface area contributed by atoms with Crippen LogP contribution in [0.1, 0.15) is 16.1 Å². The Morgan fingerprint density at radius 3 is 2.74 bits per heavy atom. The number of carbonyl (C=O) groups is 1. The van der Waals surface area contributed by atoms with Gasteiger partial charge in [0.2, 0.25) is 0 Å². The van der Waals surface area contributed by atoms with Crippen molar-refractivity contribution in [2.45, 2.75) is 6.54 Å². The number of hydrogen-bond donors (Lipinski definition) is 2. The van der Waals surface area contributed by atoms with Crippen molar-refractivity contribution < 1.29 is 9.53 Å². The predicted molar refractivity (Wildman–Crippen MR) is 83.3 cm³/mol. The highest BCUT2D eigenvalue weighted by Gasteiger charge is 2.12. The normalized spacial score (nSPS) is 14.5. The first-order valence-electron chi connectivity index (χ1n) is 7.34. The summed E-state index contributed by atoms with van der Waals surface area (Å²) in [7, 11) is 0. The van der Waals surface area contributed by atoms with Crippen LogP contribution >= 0.6 is 0 Å². The number of anilines is 1. The van der Waals surface area contributed by atoms with E-state index in [4.69, 9.17) is 4.74 Å². The zero-order valence-electron chi connectivity index (χ0n) is 12.5. The third-order valence-corrected chi connectivity index (χ3v) is 3.51. The number of aromatic nitrogens is 3.